The lowest BCUT2D eigenvalue weighted by Crippen LogP contribution is -2.38. The number of carbonyl (C=O) groups is 1. The average Bonchev–Trinajstić information content (AvgIpc) is 2.77. The van der Waals surface area contributed by atoms with Crippen LogP contribution in [0.15, 0.2) is 18.3 Å². The summed E-state index contributed by atoms with van der Waals surface area (Å²) >= 11 is 0. The summed E-state index contributed by atoms with van der Waals surface area (Å²) in [5.74, 6) is -1.14. The van der Waals surface area contributed by atoms with Crippen molar-refractivity contribution in [3.63, 3.8) is 0 Å². The highest BCUT2D eigenvalue weighted by Crippen LogP contribution is 2.20. The van der Waals surface area contributed by atoms with E-state index in [2.05, 4.69) is 4.98 Å². The number of nitrogens with zero attached hydrogens (tertiary/aromatic N) is 2. The molecule has 1 amide bonds. The number of aromatic nitrogens is 1. The molecule has 1 N–H and O–H groups in total. The number of halogens is 1. The van der Waals surface area contributed by atoms with Crippen molar-refractivity contribution in [1.82, 2.24) is 9.88 Å². The van der Waals surface area contributed by atoms with E-state index in [0.29, 0.717) is 6.54 Å². The number of pyridine rings is 1. The molecule has 1 aliphatic rings. The number of hydrogen-bond acceptors (Lipinski definition) is 3. The minimum absolute atomic E-state index is 0.0251. The van der Waals surface area contributed by atoms with Crippen molar-refractivity contribution in [2.45, 2.75) is 18.9 Å². The van der Waals surface area contributed by atoms with Crippen molar-refractivity contribution in [3.8, 4) is 0 Å². The third kappa shape index (κ3) is 1.90. The number of aliphatic hydroxyl groups excluding tert-OH is 1. The van der Waals surface area contributed by atoms with Gasteiger partial charge in [-0.15, -0.1) is 0 Å². The number of likely N-dealkylation sites (tertiary alicyclic amines) is 1. The quantitative estimate of drug-likeness (QED) is 0.756. The van der Waals surface area contributed by atoms with Crippen LogP contribution in [0, 0.1) is 5.95 Å². The fraction of sp³-hybridized carbons (Fsp3) is 0.455. The smallest absolute Gasteiger partial charge is 0.258 e. The first-order valence-electron chi connectivity index (χ1n) is 5.26. The van der Waals surface area contributed by atoms with Crippen LogP contribution in [0.4, 0.5) is 4.39 Å². The summed E-state index contributed by atoms with van der Waals surface area (Å²) in [6.45, 7) is 0.492. The Hall–Kier alpha value is -1.49. The maximum absolute atomic E-state index is 13.3. The van der Waals surface area contributed by atoms with Crippen molar-refractivity contribution in [2.75, 3.05) is 13.2 Å². The topological polar surface area (TPSA) is 53.4 Å². The van der Waals surface area contributed by atoms with Crippen molar-refractivity contribution in [2.24, 2.45) is 0 Å². The predicted octanol–water partition coefficient (Wildman–Crippen LogP) is 0.818. The van der Waals surface area contributed by atoms with Gasteiger partial charge < -0.3 is 10.0 Å². The average molecular weight is 224 g/mol. The Bertz CT molecular complexity index is 397. The zero-order valence-electron chi connectivity index (χ0n) is 8.77. The van der Waals surface area contributed by atoms with Gasteiger partial charge in [-0.05, 0) is 25.0 Å². The summed E-state index contributed by atoms with van der Waals surface area (Å²) < 4.78 is 13.3. The van der Waals surface area contributed by atoms with Gasteiger partial charge in [0.25, 0.3) is 5.91 Å². The number of aliphatic hydroxyl groups is 1. The van der Waals surface area contributed by atoms with Crippen LogP contribution >= 0.6 is 0 Å². The first kappa shape index (κ1) is 11.0. The molecule has 0 aliphatic carbocycles. The number of hydrogen-bond donors (Lipinski definition) is 1. The normalized spacial score (nSPS) is 20.1. The molecule has 0 radical (unpaired) electrons. The van der Waals surface area contributed by atoms with Crippen LogP contribution in [0.1, 0.15) is 23.2 Å². The van der Waals surface area contributed by atoms with Gasteiger partial charge in [-0.25, -0.2) is 4.98 Å². The van der Waals surface area contributed by atoms with Gasteiger partial charge in [0.15, 0.2) is 0 Å². The highest BCUT2D eigenvalue weighted by atomic mass is 19.1. The Kier molecular flexibility index (Phi) is 3.14. The Labute approximate surface area is 92.7 Å². The van der Waals surface area contributed by atoms with Gasteiger partial charge in [-0.3, -0.25) is 4.79 Å². The summed E-state index contributed by atoms with van der Waals surface area (Å²) in [5, 5.41) is 9.10. The SMILES string of the molecule is O=C(c1cccnc1F)N1CCC[C@H]1CO. The molecular formula is C11H13FN2O2. The maximum Gasteiger partial charge on any atom is 0.258 e. The van der Waals surface area contributed by atoms with Crippen LogP contribution in [-0.4, -0.2) is 40.1 Å². The second-order valence-corrected chi connectivity index (χ2v) is 3.82. The third-order valence-electron chi connectivity index (χ3n) is 2.84. The number of amides is 1. The zero-order chi connectivity index (χ0) is 11.5. The summed E-state index contributed by atoms with van der Waals surface area (Å²) in [7, 11) is 0. The maximum atomic E-state index is 13.3. The molecule has 2 heterocycles. The van der Waals surface area contributed by atoms with Crippen molar-refractivity contribution >= 4 is 5.91 Å². The first-order chi connectivity index (χ1) is 7.74. The molecule has 0 bridgehead atoms. The van der Waals surface area contributed by atoms with Crippen molar-refractivity contribution in [3.05, 3.63) is 29.8 Å². The largest absolute Gasteiger partial charge is 0.394 e. The van der Waals surface area contributed by atoms with E-state index in [9.17, 15) is 9.18 Å². The van der Waals surface area contributed by atoms with Crippen molar-refractivity contribution < 1.29 is 14.3 Å². The van der Waals surface area contributed by atoms with Crippen LogP contribution in [0.2, 0.25) is 0 Å². The lowest BCUT2D eigenvalue weighted by Gasteiger charge is -2.22. The lowest BCUT2D eigenvalue weighted by molar-refractivity contribution is 0.0672. The molecule has 0 spiro atoms. The number of carbonyl (C=O) groups excluding carboxylic acids is 1. The van der Waals surface area contributed by atoms with E-state index >= 15 is 0 Å². The fourth-order valence-electron chi connectivity index (χ4n) is 1.99. The molecule has 16 heavy (non-hydrogen) atoms. The second-order valence-electron chi connectivity index (χ2n) is 3.82. The van der Waals surface area contributed by atoms with E-state index in [4.69, 9.17) is 5.11 Å². The monoisotopic (exact) mass is 224 g/mol. The van der Waals surface area contributed by atoms with Gasteiger partial charge in [0.2, 0.25) is 5.95 Å². The molecule has 1 saturated heterocycles. The minimum Gasteiger partial charge on any atom is -0.394 e. The molecule has 1 fully saturated rings. The highest BCUT2D eigenvalue weighted by Gasteiger charge is 2.30. The van der Waals surface area contributed by atoms with Gasteiger partial charge in [-0.2, -0.15) is 4.39 Å². The predicted molar refractivity (Wildman–Crippen MR) is 55.3 cm³/mol. The molecule has 2 rings (SSSR count). The van der Waals surface area contributed by atoms with E-state index < -0.39 is 5.95 Å². The Morgan fingerprint density at radius 2 is 2.50 bits per heavy atom. The molecule has 1 aromatic heterocycles. The summed E-state index contributed by atoms with van der Waals surface area (Å²) in [6.07, 6.45) is 2.92. The van der Waals surface area contributed by atoms with Gasteiger partial charge in [0, 0.05) is 12.7 Å². The highest BCUT2D eigenvalue weighted by molar-refractivity contribution is 5.94. The van der Waals surface area contributed by atoms with Gasteiger partial charge in [-0.1, -0.05) is 0 Å². The summed E-state index contributed by atoms with van der Waals surface area (Å²) in [5.41, 5.74) is -0.0251. The lowest BCUT2D eigenvalue weighted by atomic mass is 10.2. The molecule has 5 heteroatoms. The standard InChI is InChI=1S/C11H13FN2O2/c12-10-9(4-1-5-13-10)11(16)14-6-2-3-8(14)7-15/h1,4-5,8,15H,2-3,6-7H2/t8-/m0/s1. The molecule has 86 valence electrons. The third-order valence-corrected chi connectivity index (χ3v) is 2.84. The molecule has 1 aromatic rings. The van der Waals surface area contributed by atoms with Gasteiger partial charge in [0.05, 0.1) is 18.2 Å². The Morgan fingerprint density at radius 3 is 3.19 bits per heavy atom. The molecule has 0 saturated carbocycles. The minimum atomic E-state index is -0.754. The van der Waals surface area contributed by atoms with E-state index in [1.807, 2.05) is 0 Å². The van der Waals surface area contributed by atoms with Crippen LogP contribution in [0.5, 0.6) is 0 Å². The molecule has 1 aliphatic heterocycles. The van der Waals surface area contributed by atoms with E-state index in [1.165, 1.54) is 23.2 Å². The first-order valence-corrected chi connectivity index (χ1v) is 5.26. The molecule has 0 aromatic carbocycles. The van der Waals surface area contributed by atoms with Crippen LogP contribution in [0.25, 0.3) is 0 Å². The van der Waals surface area contributed by atoms with Gasteiger partial charge in [0.1, 0.15) is 0 Å². The zero-order valence-corrected chi connectivity index (χ0v) is 8.77. The molecular weight excluding hydrogens is 211 g/mol. The van der Waals surface area contributed by atoms with Crippen LogP contribution < -0.4 is 0 Å². The van der Waals surface area contributed by atoms with Gasteiger partial charge >= 0.3 is 0 Å². The molecule has 0 unspecified atom stereocenters. The van der Waals surface area contributed by atoms with Crippen molar-refractivity contribution in [1.29, 1.82) is 0 Å². The van der Waals surface area contributed by atoms with Crippen LogP contribution in [-0.2, 0) is 0 Å². The number of rotatable bonds is 2. The molecule has 1 atom stereocenters. The van der Waals surface area contributed by atoms with E-state index in [0.717, 1.165) is 12.8 Å². The Morgan fingerprint density at radius 1 is 1.69 bits per heavy atom. The van der Waals surface area contributed by atoms with E-state index in [-0.39, 0.29) is 24.1 Å². The van der Waals surface area contributed by atoms with E-state index in [1.54, 1.807) is 0 Å². The Balaban J connectivity index is 2.22. The molecule has 4 nitrogen and oxygen atoms in total. The summed E-state index contributed by atoms with van der Waals surface area (Å²) in [6, 6.07) is 2.75. The second kappa shape index (κ2) is 4.57. The van der Waals surface area contributed by atoms with Crippen LogP contribution in [0.3, 0.4) is 0 Å². The fourth-order valence-corrected chi connectivity index (χ4v) is 1.99. The summed E-state index contributed by atoms with van der Waals surface area (Å²) in [4.78, 5) is 16.9.